The van der Waals surface area contributed by atoms with Gasteiger partial charge in [-0.3, -0.25) is 9.69 Å². The van der Waals surface area contributed by atoms with Gasteiger partial charge in [0.15, 0.2) is 5.78 Å². The van der Waals surface area contributed by atoms with Crippen LogP contribution in [0.4, 0.5) is 0 Å². The zero-order valence-corrected chi connectivity index (χ0v) is 8.65. The molecule has 1 aliphatic rings. The van der Waals surface area contributed by atoms with E-state index in [1.54, 1.807) is 18.2 Å². The summed E-state index contributed by atoms with van der Waals surface area (Å²) in [6.07, 6.45) is 2.38. The van der Waals surface area contributed by atoms with Gasteiger partial charge in [-0.1, -0.05) is 12.1 Å². The number of phenols is 1. The van der Waals surface area contributed by atoms with Crippen molar-refractivity contribution < 1.29 is 9.90 Å². The molecule has 0 saturated carbocycles. The third-order valence-electron chi connectivity index (χ3n) is 2.73. The van der Waals surface area contributed by atoms with Gasteiger partial charge in [-0.15, -0.1) is 0 Å². The smallest absolute Gasteiger partial charge is 0.176 e. The highest BCUT2D eigenvalue weighted by atomic mass is 16.3. The van der Waals surface area contributed by atoms with E-state index >= 15 is 0 Å². The molecule has 1 aliphatic heterocycles. The van der Waals surface area contributed by atoms with Gasteiger partial charge >= 0.3 is 0 Å². The maximum atomic E-state index is 11.8. The third kappa shape index (κ3) is 2.57. The van der Waals surface area contributed by atoms with Crippen molar-refractivity contribution in [3.05, 3.63) is 29.8 Å². The van der Waals surface area contributed by atoms with Gasteiger partial charge < -0.3 is 5.11 Å². The predicted molar refractivity (Wildman–Crippen MR) is 58.1 cm³/mol. The number of rotatable bonds is 3. The Kier molecular flexibility index (Phi) is 3.02. The fraction of sp³-hybridized carbons (Fsp3) is 0.417. The Balaban J connectivity index is 2.01. The molecule has 0 bridgehead atoms. The summed E-state index contributed by atoms with van der Waals surface area (Å²) in [5.41, 5.74) is 0.599. The van der Waals surface area contributed by atoms with Gasteiger partial charge in [0, 0.05) is 5.56 Å². The van der Waals surface area contributed by atoms with Crippen LogP contribution >= 0.6 is 0 Å². The first kappa shape index (κ1) is 10.2. The SMILES string of the molecule is O=C(CN1CCCC1)c1cccc(O)c1. The minimum atomic E-state index is 0.0906. The number of carbonyl (C=O) groups excluding carboxylic acids is 1. The van der Waals surface area contributed by atoms with E-state index in [9.17, 15) is 9.90 Å². The van der Waals surface area contributed by atoms with Crippen LogP contribution in [0.25, 0.3) is 0 Å². The second-order valence-electron chi connectivity index (χ2n) is 3.96. The molecular formula is C12H15NO2. The highest BCUT2D eigenvalue weighted by molar-refractivity contribution is 5.97. The number of hydrogen-bond acceptors (Lipinski definition) is 3. The van der Waals surface area contributed by atoms with E-state index in [1.807, 2.05) is 0 Å². The molecular weight excluding hydrogens is 190 g/mol. The van der Waals surface area contributed by atoms with Crippen LogP contribution in [0.15, 0.2) is 24.3 Å². The zero-order chi connectivity index (χ0) is 10.7. The minimum Gasteiger partial charge on any atom is -0.508 e. The van der Waals surface area contributed by atoms with Gasteiger partial charge in [-0.2, -0.15) is 0 Å². The molecule has 1 aromatic rings. The number of ketones is 1. The topological polar surface area (TPSA) is 40.5 Å². The fourth-order valence-corrected chi connectivity index (χ4v) is 1.91. The first-order valence-corrected chi connectivity index (χ1v) is 5.30. The Labute approximate surface area is 89.3 Å². The molecule has 80 valence electrons. The van der Waals surface area contributed by atoms with E-state index in [0.29, 0.717) is 12.1 Å². The van der Waals surface area contributed by atoms with Crippen molar-refractivity contribution in [2.75, 3.05) is 19.6 Å². The normalized spacial score (nSPS) is 16.8. The number of phenolic OH excluding ortho intramolecular Hbond substituents is 1. The lowest BCUT2D eigenvalue weighted by Gasteiger charge is -2.13. The molecule has 3 nitrogen and oxygen atoms in total. The first-order valence-electron chi connectivity index (χ1n) is 5.30. The summed E-state index contributed by atoms with van der Waals surface area (Å²) in [5, 5.41) is 9.26. The molecule has 1 aromatic carbocycles. The molecule has 15 heavy (non-hydrogen) atoms. The molecule has 0 aromatic heterocycles. The average molecular weight is 205 g/mol. The zero-order valence-electron chi connectivity index (χ0n) is 8.65. The monoisotopic (exact) mass is 205 g/mol. The van der Waals surface area contributed by atoms with Crippen molar-refractivity contribution in [1.82, 2.24) is 4.90 Å². The van der Waals surface area contributed by atoms with Crippen LogP contribution in [-0.2, 0) is 0 Å². The molecule has 1 fully saturated rings. The highest BCUT2D eigenvalue weighted by Gasteiger charge is 2.16. The number of hydrogen-bond donors (Lipinski definition) is 1. The van der Waals surface area contributed by atoms with Crippen LogP contribution in [0.5, 0.6) is 5.75 Å². The summed E-state index contributed by atoms with van der Waals surface area (Å²) in [4.78, 5) is 14.0. The number of likely N-dealkylation sites (tertiary alicyclic amines) is 1. The van der Waals surface area contributed by atoms with Gasteiger partial charge in [0.25, 0.3) is 0 Å². The molecule has 1 N–H and O–H groups in total. The molecule has 0 spiro atoms. The Hall–Kier alpha value is -1.35. The van der Waals surface area contributed by atoms with Gasteiger partial charge in [0.05, 0.1) is 6.54 Å². The van der Waals surface area contributed by atoms with Crippen LogP contribution in [0, 0.1) is 0 Å². The van der Waals surface area contributed by atoms with Crippen molar-refractivity contribution in [2.24, 2.45) is 0 Å². The Morgan fingerprint density at radius 1 is 1.33 bits per heavy atom. The summed E-state index contributed by atoms with van der Waals surface area (Å²) < 4.78 is 0. The van der Waals surface area contributed by atoms with Crippen LogP contribution in [0.3, 0.4) is 0 Å². The number of aromatic hydroxyl groups is 1. The summed E-state index contributed by atoms with van der Waals surface area (Å²) in [6.45, 7) is 2.51. The van der Waals surface area contributed by atoms with Crippen molar-refractivity contribution >= 4 is 5.78 Å². The molecule has 3 heteroatoms. The molecule has 1 saturated heterocycles. The third-order valence-corrected chi connectivity index (χ3v) is 2.73. The lowest BCUT2D eigenvalue weighted by atomic mass is 10.1. The Morgan fingerprint density at radius 2 is 2.07 bits per heavy atom. The molecule has 0 radical (unpaired) electrons. The Bertz CT molecular complexity index is 356. The standard InChI is InChI=1S/C12H15NO2/c14-11-5-3-4-10(8-11)12(15)9-13-6-1-2-7-13/h3-5,8,14H,1-2,6-7,9H2. The molecule has 0 aliphatic carbocycles. The van der Waals surface area contributed by atoms with E-state index < -0.39 is 0 Å². The van der Waals surface area contributed by atoms with Crippen LogP contribution in [0.2, 0.25) is 0 Å². The van der Waals surface area contributed by atoms with Gasteiger partial charge in [0.1, 0.15) is 5.75 Å². The molecule has 0 amide bonds. The van der Waals surface area contributed by atoms with Crippen molar-refractivity contribution in [3.63, 3.8) is 0 Å². The van der Waals surface area contributed by atoms with Gasteiger partial charge in [0.2, 0.25) is 0 Å². The number of nitrogens with zero attached hydrogens (tertiary/aromatic N) is 1. The molecule has 0 unspecified atom stereocenters. The lowest BCUT2D eigenvalue weighted by molar-refractivity contribution is 0.0945. The quantitative estimate of drug-likeness (QED) is 0.763. The number of benzene rings is 1. The first-order chi connectivity index (χ1) is 7.25. The van der Waals surface area contributed by atoms with E-state index in [0.717, 1.165) is 13.1 Å². The Morgan fingerprint density at radius 3 is 2.73 bits per heavy atom. The average Bonchev–Trinajstić information content (AvgIpc) is 2.70. The maximum Gasteiger partial charge on any atom is 0.176 e. The minimum absolute atomic E-state index is 0.0906. The highest BCUT2D eigenvalue weighted by Crippen LogP contribution is 2.13. The molecule has 1 heterocycles. The fourth-order valence-electron chi connectivity index (χ4n) is 1.91. The predicted octanol–water partition coefficient (Wildman–Crippen LogP) is 1.67. The van der Waals surface area contributed by atoms with E-state index in [1.165, 1.54) is 18.9 Å². The number of carbonyl (C=O) groups is 1. The summed E-state index contributed by atoms with van der Waals surface area (Å²) in [5.74, 6) is 0.245. The summed E-state index contributed by atoms with van der Waals surface area (Å²) >= 11 is 0. The van der Waals surface area contributed by atoms with Crippen molar-refractivity contribution in [3.8, 4) is 5.75 Å². The van der Waals surface area contributed by atoms with E-state index in [2.05, 4.69) is 4.90 Å². The maximum absolute atomic E-state index is 11.8. The summed E-state index contributed by atoms with van der Waals surface area (Å²) in [7, 11) is 0. The molecule has 0 atom stereocenters. The van der Waals surface area contributed by atoms with Crippen molar-refractivity contribution in [1.29, 1.82) is 0 Å². The van der Waals surface area contributed by atoms with Gasteiger partial charge in [-0.05, 0) is 38.1 Å². The number of Topliss-reactive ketones (excluding diaryl/α,β-unsaturated/α-hetero) is 1. The van der Waals surface area contributed by atoms with E-state index in [-0.39, 0.29) is 11.5 Å². The largest absolute Gasteiger partial charge is 0.508 e. The van der Waals surface area contributed by atoms with Crippen molar-refractivity contribution in [2.45, 2.75) is 12.8 Å². The van der Waals surface area contributed by atoms with Crippen LogP contribution in [0.1, 0.15) is 23.2 Å². The van der Waals surface area contributed by atoms with E-state index in [4.69, 9.17) is 0 Å². The second-order valence-corrected chi connectivity index (χ2v) is 3.96. The van der Waals surface area contributed by atoms with Gasteiger partial charge in [-0.25, -0.2) is 0 Å². The van der Waals surface area contributed by atoms with Crippen LogP contribution in [-0.4, -0.2) is 35.4 Å². The lowest BCUT2D eigenvalue weighted by Crippen LogP contribution is -2.26. The summed E-state index contributed by atoms with van der Waals surface area (Å²) in [6, 6.07) is 6.55. The van der Waals surface area contributed by atoms with Crippen LogP contribution < -0.4 is 0 Å². The second kappa shape index (κ2) is 4.45. The molecule has 2 rings (SSSR count).